The number of rotatable bonds is 3. The number of hydrogen-bond acceptors (Lipinski definition) is 5. The second-order valence-electron chi connectivity index (χ2n) is 8.05. The van der Waals surface area contributed by atoms with Gasteiger partial charge in [-0.2, -0.15) is 10.1 Å². The van der Waals surface area contributed by atoms with E-state index in [1.807, 2.05) is 65.0 Å². The molecule has 1 amide bonds. The van der Waals surface area contributed by atoms with Crippen molar-refractivity contribution in [1.29, 1.82) is 0 Å². The Hall–Kier alpha value is -3.19. The lowest BCUT2D eigenvalue weighted by Crippen LogP contribution is -2.23. The Morgan fingerprint density at radius 1 is 0.971 bits per heavy atom. The lowest BCUT2D eigenvalue weighted by atomic mass is 9.97. The molecule has 2 aliphatic heterocycles. The summed E-state index contributed by atoms with van der Waals surface area (Å²) in [5.74, 6) is -0.224. The number of aliphatic imine (C=N–C) groups is 1. The standard InChI is InChI=1S/C27H18ClN3OS2/c28-21-11-9-18(10-12-21)24-16-23(20-8-7-17-4-1-2-5-19(17)14-20)30-31(24)27-29-26(32)25(34-27)15-22-6-3-13-33-22/h1-15,24H,16H2/b25-15-. The first-order valence-corrected chi connectivity index (χ1v) is 12.9. The zero-order valence-electron chi connectivity index (χ0n) is 17.9. The van der Waals surface area contributed by atoms with E-state index in [0.29, 0.717) is 21.5 Å². The summed E-state index contributed by atoms with van der Waals surface area (Å²) < 4.78 is 0. The topological polar surface area (TPSA) is 45.0 Å². The van der Waals surface area contributed by atoms with Gasteiger partial charge in [-0.25, -0.2) is 5.01 Å². The number of thiophene rings is 1. The van der Waals surface area contributed by atoms with Gasteiger partial charge in [0.2, 0.25) is 0 Å². The van der Waals surface area contributed by atoms with Gasteiger partial charge in [0.05, 0.1) is 16.7 Å². The molecule has 34 heavy (non-hydrogen) atoms. The van der Waals surface area contributed by atoms with Crippen molar-refractivity contribution in [3.05, 3.63) is 110 Å². The molecule has 0 fully saturated rings. The van der Waals surface area contributed by atoms with Gasteiger partial charge in [-0.3, -0.25) is 4.79 Å². The van der Waals surface area contributed by atoms with Gasteiger partial charge in [0, 0.05) is 16.3 Å². The van der Waals surface area contributed by atoms with Crippen LogP contribution in [0.15, 0.2) is 99.2 Å². The lowest BCUT2D eigenvalue weighted by molar-refractivity contribution is -0.113. The zero-order chi connectivity index (χ0) is 23.1. The van der Waals surface area contributed by atoms with Gasteiger partial charge in [-0.15, -0.1) is 11.3 Å². The molecule has 0 spiro atoms. The number of benzene rings is 3. The number of halogens is 1. The molecule has 6 rings (SSSR count). The van der Waals surface area contributed by atoms with Crippen LogP contribution in [0.3, 0.4) is 0 Å². The largest absolute Gasteiger partial charge is 0.286 e. The number of fused-ring (bicyclic) bond motifs is 1. The van der Waals surface area contributed by atoms with Crippen molar-refractivity contribution < 1.29 is 4.79 Å². The molecular formula is C27H18ClN3OS2. The highest BCUT2D eigenvalue weighted by atomic mass is 35.5. The molecule has 4 nitrogen and oxygen atoms in total. The third-order valence-corrected chi connectivity index (χ3v) is 7.91. The fourth-order valence-electron chi connectivity index (χ4n) is 4.17. The number of carbonyl (C=O) groups excluding carboxylic acids is 1. The second kappa shape index (κ2) is 8.87. The fraction of sp³-hybridized carbons (Fsp3) is 0.0741. The van der Waals surface area contributed by atoms with Gasteiger partial charge in [-0.05, 0) is 69.4 Å². The quantitative estimate of drug-likeness (QED) is 0.276. The number of hydrazone groups is 1. The monoisotopic (exact) mass is 499 g/mol. The normalized spacial score (nSPS) is 19.2. The van der Waals surface area contributed by atoms with E-state index in [4.69, 9.17) is 16.7 Å². The fourth-order valence-corrected chi connectivity index (χ4v) is 5.94. The average Bonchev–Trinajstić information content (AvgIpc) is 3.60. The molecule has 7 heteroatoms. The maximum absolute atomic E-state index is 12.7. The Morgan fingerprint density at radius 2 is 1.79 bits per heavy atom. The molecule has 166 valence electrons. The Morgan fingerprint density at radius 3 is 2.59 bits per heavy atom. The Bertz CT molecular complexity index is 1490. The summed E-state index contributed by atoms with van der Waals surface area (Å²) in [6.45, 7) is 0. The molecule has 1 aromatic heterocycles. The summed E-state index contributed by atoms with van der Waals surface area (Å²) in [7, 11) is 0. The number of amidine groups is 1. The predicted molar refractivity (Wildman–Crippen MR) is 143 cm³/mol. The average molecular weight is 500 g/mol. The van der Waals surface area contributed by atoms with Gasteiger partial charge in [0.15, 0.2) is 5.17 Å². The van der Waals surface area contributed by atoms with E-state index in [1.54, 1.807) is 11.3 Å². The molecule has 0 saturated carbocycles. The van der Waals surface area contributed by atoms with E-state index in [1.165, 1.54) is 22.5 Å². The van der Waals surface area contributed by atoms with Crippen LogP contribution in [0.25, 0.3) is 16.8 Å². The van der Waals surface area contributed by atoms with Crippen molar-refractivity contribution in [2.75, 3.05) is 0 Å². The SMILES string of the molecule is O=C1N=C(N2N=C(c3ccc4ccccc4c3)CC2c2ccc(Cl)cc2)S/C1=C\c1cccs1. The molecule has 1 unspecified atom stereocenters. The molecule has 2 aliphatic rings. The Labute approximate surface area is 210 Å². The van der Waals surface area contributed by atoms with Crippen LogP contribution in [0.2, 0.25) is 5.02 Å². The molecule has 4 aromatic rings. The van der Waals surface area contributed by atoms with Crippen LogP contribution in [-0.2, 0) is 4.79 Å². The van der Waals surface area contributed by atoms with Crippen molar-refractivity contribution in [2.45, 2.75) is 12.5 Å². The van der Waals surface area contributed by atoms with Crippen LogP contribution in [0.1, 0.15) is 28.5 Å². The van der Waals surface area contributed by atoms with Crippen LogP contribution in [0.5, 0.6) is 0 Å². The first-order chi connectivity index (χ1) is 16.6. The highest BCUT2D eigenvalue weighted by Gasteiger charge is 2.36. The van der Waals surface area contributed by atoms with Gasteiger partial charge >= 0.3 is 0 Å². The van der Waals surface area contributed by atoms with Crippen LogP contribution < -0.4 is 0 Å². The highest BCUT2D eigenvalue weighted by molar-refractivity contribution is 8.18. The first-order valence-electron chi connectivity index (χ1n) is 10.8. The summed E-state index contributed by atoms with van der Waals surface area (Å²) in [5.41, 5.74) is 3.12. The molecule has 3 aromatic carbocycles. The van der Waals surface area contributed by atoms with Crippen LogP contribution in [-0.4, -0.2) is 21.8 Å². The van der Waals surface area contributed by atoms with E-state index in [-0.39, 0.29) is 11.9 Å². The minimum absolute atomic E-state index is 0.0705. The molecular weight excluding hydrogens is 482 g/mol. The molecule has 0 saturated heterocycles. The molecule has 0 bridgehead atoms. The summed E-state index contributed by atoms with van der Waals surface area (Å²) in [5, 5.41) is 12.5. The molecule has 0 aliphatic carbocycles. The third kappa shape index (κ3) is 4.09. The van der Waals surface area contributed by atoms with Crippen molar-refractivity contribution in [1.82, 2.24) is 5.01 Å². The number of hydrogen-bond donors (Lipinski definition) is 0. The predicted octanol–water partition coefficient (Wildman–Crippen LogP) is 7.38. The Kier molecular flexibility index (Phi) is 5.57. The van der Waals surface area contributed by atoms with E-state index in [2.05, 4.69) is 35.3 Å². The summed E-state index contributed by atoms with van der Waals surface area (Å²) in [6, 6.07) is 26.4. The lowest BCUT2D eigenvalue weighted by Gasteiger charge is -2.22. The van der Waals surface area contributed by atoms with Gasteiger partial charge in [-0.1, -0.05) is 66.2 Å². The van der Waals surface area contributed by atoms with Crippen LogP contribution in [0, 0.1) is 0 Å². The van der Waals surface area contributed by atoms with E-state index in [0.717, 1.165) is 21.7 Å². The van der Waals surface area contributed by atoms with E-state index < -0.39 is 0 Å². The third-order valence-electron chi connectivity index (χ3n) is 5.87. The summed E-state index contributed by atoms with van der Waals surface area (Å²) >= 11 is 9.12. The number of thioether (sulfide) groups is 1. The minimum atomic E-state index is -0.224. The van der Waals surface area contributed by atoms with Gasteiger partial charge < -0.3 is 0 Å². The van der Waals surface area contributed by atoms with E-state index >= 15 is 0 Å². The summed E-state index contributed by atoms with van der Waals surface area (Å²) in [6.07, 6.45) is 2.60. The van der Waals surface area contributed by atoms with Crippen molar-refractivity contribution in [2.24, 2.45) is 10.1 Å². The first kappa shape index (κ1) is 21.4. The highest BCUT2D eigenvalue weighted by Crippen LogP contribution is 2.40. The van der Waals surface area contributed by atoms with Crippen LogP contribution >= 0.6 is 34.7 Å². The smallest absolute Gasteiger partial charge is 0.266 e. The maximum atomic E-state index is 12.7. The molecule has 0 N–H and O–H groups in total. The second-order valence-corrected chi connectivity index (χ2v) is 10.5. The number of carbonyl (C=O) groups is 1. The van der Waals surface area contributed by atoms with Crippen molar-refractivity contribution >= 4 is 68.3 Å². The van der Waals surface area contributed by atoms with E-state index in [9.17, 15) is 4.79 Å². The molecule has 1 atom stereocenters. The van der Waals surface area contributed by atoms with Gasteiger partial charge in [0.25, 0.3) is 5.91 Å². The zero-order valence-corrected chi connectivity index (χ0v) is 20.3. The molecule has 0 radical (unpaired) electrons. The van der Waals surface area contributed by atoms with Crippen molar-refractivity contribution in [3.63, 3.8) is 0 Å². The molecule has 3 heterocycles. The number of amides is 1. The van der Waals surface area contributed by atoms with Crippen molar-refractivity contribution in [3.8, 4) is 0 Å². The number of nitrogens with zero attached hydrogens (tertiary/aromatic N) is 3. The van der Waals surface area contributed by atoms with Crippen LogP contribution in [0.4, 0.5) is 0 Å². The summed E-state index contributed by atoms with van der Waals surface area (Å²) in [4.78, 5) is 18.7. The Balaban J connectivity index is 1.37. The maximum Gasteiger partial charge on any atom is 0.286 e. The minimum Gasteiger partial charge on any atom is -0.266 e. The van der Waals surface area contributed by atoms with Gasteiger partial charge in [0.1, 0.15) is 0 Å².